The summed E-state index contributed by atoms with van der Waals surface area (Å²) in [6.45, 7) is 1.08. The van der Waals surface area contributed by atoms with Gasteiger partial charge in [0.05, 0.1) is 12.8 Å². The molecule has 4 rings (SSSR count). The van der Waals surface area contributed by atoms with Gasteiger partial charge in [0.2, 0.25) is 10.0 Å². The van der Waals surface area contributed by atoms with Crippen LogP contribution in [-0.2, 0) is 27.9 Å². The molecule has 4 aromatic rings. The molecule has 2 aromatic heterocycles. The lowest BCUT2D eigenvalue weighted by atomic mass is 10.0. The van der Waals surface area contributed by atoms with Gasteiger partial charge in [0.25, 0.3) is 11.5 Å². The smallest absolute Gasteiger partial charge is 0.253 e. The maximum atomic E-state index is 14.2. The first kappa shape index (κ1) is 24.3. The molecule has 0 saturated heterocycles. The van der Waals surface area contributed by atoms with Crippen molar-refractivity contribution in [2.45, 2.75) is 20.0 Å². The molecule has 0 radical (unpaired) electrons. The highest BCUT2D eigenvalue weighted by Crippen LogP contribution is 2.35. The zero-order chi connectivity index (χ0) is 25.5. The Morgan fingerprint density at radius 3 is 2.51 bits per heavy atom. The quantitative estimate of drug-likeness (QED) is 0.437. The molecule has 0 saturated carbocycles. The second-order valence-corrected chi connectivity index (χ2v) is 9.85. The van der Waals surface area contributed by atoms with Gasteiger partial charge in [-0.1, -0.05) is 12.1 Å². The number of benzene rings is 2. The molecule has 0 atom stereocenters. The van der Waals surface area contributed by atoms with Crippen LogP contribution in [0.5, 0.6) is 0 Å². The third-order valence-electron chi connectivity index (χ3n) is 5.53. The van der Waals surface area contributed by atoms with Crippen molar-refractivity contribution < 1.29 is 26.4 Å². The molecule has 0 unspecified atom stereocenters. The Morgan fingerprint density at radius 1 is 1.06 bits per heavy atom. The van der Waals surface area contributed by atoms with Crippen molar-refractivity contribution >= 4 is 26.8 Å². The molecule has 0 fully saturated rings. The van der Waals surface area contributed by atoms with Gasteiger partial charge in [0.1, 0.15) is 12.4 Å². The van der Waals surface area contributed by atoms with Gasteiger partial charge in [-0.3, -0.25) is 14.3 Å². The van der Waals surface area contributed by atoms with E-state index in [-0.39, 0.29) is 18.7 Å². The molecular weight excluding hydrogens is 483 g/mol. The Kier molecular flexibility index (Phi) is 6.28. The number of halogens is 3. The highest BCUT2D eigenvalue weighted by Gasteiger charge is 2.20. The van der Waals surface area contributed by atoms with Gasteiger partial charge < -0.3 is 9.13 Å². The summed E-state index contributed by atoms with van der Waals surface area (Å²) in [5.41, 5.74) is 1.47. The predicted molar refractivity (Wildman–Crippen MR) is 125 cm³/mol. The van der Waals surface area contributed by atoms with Crippen molar-refractivity contribution in [2.75, 3.05) is 6.26 Å². The molecule has 35 heavy (non-hydrogen) atoms. The molecule has 0 aliphatic rings. The fourth-order valence-corrected chi connectivity index (χ4v) is 4.54. The van der Waals surface area contributed by atoms with Crippen molar-refractivity contribution in [1.29, 1.82) is 0 Å². The number of hydrogen-bond acceptors (Lipinski definition) is 4. The molecule has 2 heterocycles. The van der Waals surface area contributed by atoms with E-state index >= 15 is 0 Å². The summed E-state index contributed by atoms with van der Waals surface area (Å²) in [6.07, 6.45) is 2.30. The number of aromatic nitrogens is 2. The molecule has 2 aromatic carbocycles. The second kappa shape index (κ2) is 9.06. The van der Waals surface area contributed by atoms with Gasteiger partial charge in [-0.25, -0.2) is 21.6 Å². The Labute approximate surface area is 198 Å². The summed E-state index contributed by atoms with van der Waals surface area (Å²) in [7, 11) is -3.78. The number of carbonyl (C=O) groups is 1. The minimum atomic E-state index is -3.78. The first-order chi connectivity index (χ1) is 16.4. The van der Waals surface area contributed by atoms with Crippen molar-refractivity contribution in [3.63, 3.8) is 0 Å². The highest BCUT2D eigenvalue weighted by molar-refractivity contribution is 7.89. The lowest BCUT2D eigenvalue weighted by molar-refractivity contribution is -0.119. The zero-order valence-electron chi connectivity index (χ0n) is 18.7. The maximum Gasteiger partial charge on any atom is 0.253 e. The van der Waals surface area contributed by atoms with Crippen LogP contribution in [0.4, 0.5) is 13.2 Å². The van der Waals surface area contributed by atoms with Gasteiger partial charge >= 0.3 is 0 Å². The Morgan fingerprint density at radius 2 is 1.80 bits per heavy atom. The van der Waals surface area contributed by atoms with Crippen LogP contribution in [0.25, 0.3) is 22.0 Å². The van der Waals surface area contributed by atoms with E-state index < -0.39 is 38.9 Å². The van der Waals surface area contributed by atoms with E-state index in [4.69, 9.17) is 0 Å². The molecular formula is C24H20F3N3O4S. The van der Waals surface area contributed by atoms with Crippen LogP contribution in [0, 0.1) is 24.4 Å². The number of nitrogens with zero attached hydrogens (tertiary/aromatic N) is 2. The van der Waals surface area contributed by atoms with Crippen molar-refractivity contribution in [3.05, 3.63) is 93.8 Å². The molecule has 1 amide bonds. The van der Waals surface area contributed by atoms with E-state index in [0.717, 1.165) is 12.3 Å². The van der Waals surface area contributed by atoms with E-state index in [1.54, 1.807) is 6.92 Å². The lowest BCUT2D eigenvalue weighted by Gasteiger charge is -2.11. The standard InChI is InChI=1S/C24H20F3N3O4S/c1-14-23(15-6-9-22(32)29(11-15)12-16-4-3-5-19(26)24(16)27)18-10-17(25)7-8-20(18)30(14)13-21(31)28-35(2,33)34/h3-11H,12-13H2,1-2H3,(H,28,31). The van der Waals surface area contributed by atoms with Crippen LogP contribution in [0.1, 0.15) is 11.3 Å². The van der Waals surface area contributed by atoms with Crippen LogP contribution >= 0.6 is 0 Å². The van der Waals surface area contributed by atoms with Crippen LogP contribution in [0.3, 0.4) is 0 Å². The van der Waals surface area contributed by atoms with Crippen LogP contribution in [-0.4, -0.2) is 29.7 Å². The number of amides is 1. The minimum Gasteiger partial charge on any atom is -0.335 e. The molecule has 0 bridgehead atoms. The fraction of sp³-hybridized carbons (Fsp3) is 0.167. The van der Waals surface area contributed by atoms with Gasteiger partial charge in [-0.15, -0.1) is 0 Å². The summed E-state index contributed by atoms with van der Waals surface area (Å²) < 4.78 is 69.5. The van der Waals surface area contributed by atoms with Gasteiger partial charge in [0, 0.05) is 45.6 Å². The van der Waals surface area contributed by atoms with Crippen molar-refractivity contribution in [3.8, 4) is 11.1 Å². The Balaban J connectivity index is 1.84. The summed E-state index contributed by atoms with van der Waals surface area (Å²) >= 11 is 0. The summed E-state index contributed by atoms with van der Waals surface area (Å²) in [5.74, 6) is -3.41. The third kappa shape index (κ3) is 4.99. The summed E-state index contributed by atoms with van der Waals surface area (Å²) in [5, 5.41) is 0.428. The zero-order valence-corrected chi connectivity index (χ0v) is 19.5. The Hall–Kier alpha value is -3.86. The van der Waals surface area contributed by atoms with E-state index in [9.17, 15) is 31.2 Å². The van der Waals surface area contributed by atoms with E-state index in [1.807, 2.05) is 4.72 Å². The average Bonchev–Trinajstić information content (AvgIpc) is 3.02. The number of sulfonamides is 1. The van der Waals surface area contributed by atoms with E-state index in [0.29, 0.717) is 27.7 Å². The number of nitrogens with one attached hydrogen (secondary N) is 1. The molecule has 0 aliphatic carbocycles. The van der Waals surface area contributed by atoms with Gasteiger partial charge in [0.15, 0.2) is 11.6 Å². The number of fused-ring (bicyclic) bond motifs is 1. The first-order valence-electron chi connectivity index (χ1n) is 10.4. The Bertz CT molecular complexity index is 1640. The minimum absolute atomic E-state index is 0.0214. The number of carbonyl (C=O) groups excluding carboxylic acids is 1. The topological polar surface area (TPSA) is 90.2 Å². The molecule has 0 aliphatic heterocycles. The monoisotopic (exact) mass is 503 g/mol. The van der Waals surface area contributed by atoms with Gasteiger partial charge in [-0.2, -0.15) is 0 Å². The highest BCUT2D eigenvalue weighted by atomic mass is 32.2. The SMILES string of the molecule is Cc1c(-c2ccc(=O)n(Cc3cccc(F)c3F)c2)c2cc(F)ccc2n1CC(=O)NS(C)(=O)=O. The van der Waals surface area contributed by atoms with E-state index in [2.05, 4.69) is 0 Å². The van der Waals surface area contributed by atoms with Crippen LogP contribution in [0.2, 0.25) is 0 Å². The first-order valence-corrected chi connectivity index (χ1v) is 12.3. The second-order valence-electron chi connectivity index (χ2n) is 8.10. The van der Waals surface area contributed by atoms with E-state index in [1.165, 1.54) is 57.8 Å². The van der Waals surface area contributed by atoms with Crippen molar-refractivity contribution in [2.24, 2.45) is 0 Å². The predicted octanol–water partition coefficient (Wildman–Crippen LogP) is 3.32. The fourth-order valence-electron chi connectivity index (χ4n) is 4.06. The summed E-state index contributed by atoms with van der Waals surface area (Å²) in [6, 6.07) is 10.4. The number of hydrogen-bond donors (Lipinski definition) is 1. The maximum absolute atomic E-state index is 14.2. The third-order valence-corrected chi connectivity index (χ3v) is 6.13. The average molecular weight is 504 g/mol. The number of rotatable bonds is 6. The molecule has 1 N–H and O–H groups in total. The van der Waals surface area contributed by atoms with Crippen molar-refractivity contribution in [1.82, 2.24) is 13.9 Å². The molecule has 0 spiro atoms. The largest absolute Gasteiger partial charge is 0.335 e. The molecule has 11 heteroatoms. The molecule has 7 nitrogen and oxygen atoms in total. The van der Waals surface area contributed by atoms with Crippen LogP contribution < -0.4 is 10.3 Å². The van der Waals surface area contributed by atoms with Crippen LogP contribution in [0.15, 0.2) is 59.5 Å². The number of pyridine rings is 1. The summed E-state index contributed by atoms with van der Waals surface area (Å²) in [4.78, 5) is 24.8. The lowest BCUT2D eigenvalue weighted by Crippen LogP contribution is -2.32. The normalized spacial score (nSPS) is 11.7. The van der Waals surface area contributed by atoms with Gasteiger partial charge in [-0.05, 0) is 37.3 Å². The molecule has 182 valence electrons.